The number of nitrogens with two attached hydrogens (primary N) is 1. The van der Waals surface area contributed by atoms with Crippen LogP contribution in [-0.2, 0) is 0 Å². The van der Waals surface area contributed by atoms with E-state index < -0.39 is 0 Å². The maximum Gasteiger partial charge on any atom is 0.144 e. The summed E-state index contributed by atoms with van der Waals surface area (Å²) >= 11 is 0. The monoisotopic (exact) mass is 173 g/mol. The van der Waals surface area contributed by atoms with Crippen LogP contribution in [0.1, 0.15) is 25.2 Å². The Balaban J connectivity index is 0.000001000. The van der Waals surface area contributed by atoms with Gasteiger partial charge in [-0.1, -0.05) is 6.92 Å². The van der Waals surface area contributed by atoms with Gasteiger partial charge in [0.2, 0.25) is 0 Å². The van der Waals surface area contributed by atoms with Gasteiger partial charge < -0.3 is 5.73 Å². The van der Waals surface area contributed by atoms with Gasteiger partial charge in [0.15, 0.2) is 0 Å². The molecule has 0 aromatic carbocycles. The van der Waals surface area contributed by atoms with Crippen LogP contribution in [0.5, 0.6) is 0 Å². The normalized spacial score (nSPS) is 11.8. The number of halogens is 1. The van der Waals surface area contributed by atoms with Crippen LogP contribution >= 0.6 is 12.4 Å². The van der Waals surface area contributed by atoms with Gasteiger partial charge >= 0.3 is 0 Å². The summed E-state index contributed by atoms with van der Waals surface area (Å²) in [6.45, 7) is 2.01. The summed E-state index contributed by atoms with van der Waals surface area (Å²) in [5.74, 6) is 0.727. The zero-order valence-electron chi connectivity index (χ0n) is 6.40. The lowest BCUT2D eigenvalue weighted by Crippen LogP contribution is -2.11. The molecule has 0 unspecified atom stereocenters. The standard InChI is InChI=1S/C7H11N3.ClH/c1-2-6(8)7-9-4-3-5-10-7;/h3-6H,2,8H2,1H3;1H/t6-;/m0./s1. The molecule has 2 N–H and O–H groups in total. The smallest absolute Gasteiger partial charge is 0.144 e. The third-order valence-corrected chi connectivity index (χ3v) is 1.36. The number of hydrogen-bond acceptors (Lipinski definition) is 3. The molecule has 0 aliphatic heterocycles. The van der Waals surface area contributed by atoms with Gasteiger partial charge in [-0.15, -0.1) is 12.4 Å². The molecule has 3 nitrogen and oxygen atoms in total. The van der Waals surface area contributed by atoms with Crippen LogP contribution in [-0.4, -0.2) is 9.97 Å². The summed E-state index contributed by atoms with van der Waals surface area (Å²) in [6, 6.07) is 1.77. The Morgan fingerprint density at radius 1 is 1.45 bits per heavy atom. The molecule has 0 aliphatic rings. The molecule has 0 aliphatic carbocycles. The van der Waals surface area contributed by atoms with E-state index in [9.17, 15) is 0 Å². The highest BCUT2D eigenvalue weighted by molar-refractivity contribution is 5.85. The lowest BCUT2D eigenvalue weighted by Gasteiger charge is -2.04. The third-order valence-electron chi connectivity index (χ3n) is 1.36. The van der Waals surface area contributed by atoms with Crippen LogP contribution in [0.2, 0.25) is 0 Å². The molecule has 0 amide bonds. The number of nitrogens with zero attached hydrogens (tertiary/aromatic N) is 2. The summed E-state index contributed by atoms with van der Waals surface area (Å²) < 4.78 is 0. The SMILES string of the molecule is CC[C@H](N)c1ncccn1.Cl. The first-order valence-electron chi connectivity index (χ1n) is 3.37. The van der Waals surface area contributed by atoms with Crippen molar-refractivity contribution in [2.45, 2.75) is 19.4 Å². The van der Waals surface area contributed by atoms with Crippen LogP contribution in [0.15, 0.2) is 18.5 Å². The molecule has 1 atom stereocenters. The Bertz CT molecular complexity index is 190. The molecule has 1 heterocycles. The predicted molar refractivity (Wildman–Crippen MR) is 46.5 cm³/mol. The van der Waals surface area contributed by atoms with Gasteiger partial charge in [-0.05, 0) is 12.5 Å². The summed E-state index contributed by atoms with van der Waals surface area (Å²) in [5.41, 5.74) is 5.67. The zero-order valence-corrected chi connectivity index (χ0v) is 7.21. The third kappa shape index (κ3) is 2.82. The van der Waals surface area contributed by atoms with Crippen molar-refractivity contribution < 1.29 is 0 Å². The Hall–Kier alpha value is -0.670. The minimum absolute atomic E-state index is 0. The first-order chi connectivity index (χ1) is 4.84. The van der Waals surface area contributed by atoms with Crippen molar-refractivity contribution in [3.63, 3.8) is 0 Å². The van der Waals surface area contributed by atoms with Crippen LogP contribution in [0.3, 0.4) is 0 Å². The highest BCUT2D eigenvalue weighted by atomic mass is 35.5. The van der Waals surface area contributed by atoms with E-state index in [0.717, 1.165) is 12.2 Å². The number of hydrogen-bond donors (Lipinski definition) is 1. The Labute approximate surface area is 72.5 Å². The second kappa shape index (κ2) is 5.04. The molecule has 0 saturated carbocycles. The van der Waals surface area contributed by atoms with E-state index in [1.54, 1.807) is 18.5 Å². The molecule has 0 saturated heterocycles. The molecule has 1 rings (SSSR count). The fourth-order valence-corrected chi connectivity index (χ4v) is 0.685. The van der Waals surface area contributed by atoms with E-state index in [-0.39, 0.29) is 18.4 Å². The average molecular weight is 174 g/mol. The molecule has 62 valence electrons. The second-order valence-electron chi connectivity index (χ2n) is 2.12. The van der Waals surface area contributed by atoms with Crippen molar-refractivity contribution in [2.75, 3.05) is 0 Å². The molecule has 0 spiro atoms. The molecule has 11 heavy (non-hydrogen) atoms. The Morgan fingerprint density at radius 2 is 2.00 bits per heavy atom. The number of rotatable bonds is 2. The molecule has 1 aromatic heterocycles. The number of aromatic nitrogens is 2. The molecule has 0 radical (unpaired) electrons. The Kier molecular flexibility index (Phi) is 4.74. The highest BCUT2D eigenvalue weighted by Gasteiger charge is 2.02. The van der Waals surface area contributed by atoms with Crippen molar-refractivity contribution in [1.82, 2.24) is 9.97 Å². The maximum absolute atomic E-state index is 5.67. The molecular weight excluding hydrogens is 162 g/mol. The highest BCUT2D eigenvalue weighted by Crippen LogP contribution is 2.04. The summed E-state index contributed by atoms with van der Waals surface area (Å²) in [7, 11) is 0. The van der Waals surface area contributed by atoms with Gasteiger partial charge in [0.25, 0.3) is 0 Å². The zero-order chi connectivity index (χ0) is 7.40. The van der Waals surface area contributed by atoms with Crippen molar-refractivity contribution in [3.05, 3.63) is 24.3 Å². The van der Waals surface area contributed by atoms with Crippen molar-refractivity contribution in [2.24, 2.45) is 5.73 Å². The van der Waals surface area contributed by atoms with E-state index in [1.165, 1.54) is 0 Å². The van der Waals surface area contributed by atoms with Crippen LogP contribution in [0.4, 0.5) is 0 Å². The Morgan fingerprint density at radius 3 is 2.45 bits per heavy atom. The van der Waals surface area contributed by atoms with Gasteiger partial charge in [0, 0.05) is 12.4 Å². The van der Waals surface area contributed by atoms with Crippen molar-refractivity contribution >= 4 is 12.4 Å². The van der Waals surface area contributed by atoms with Crippen LogP contribution in [0, 0.1) is 0 Å². The fraction of sp³-hybridized carbons (Fsp3) is 0.429. The summed E-state index contributed by atoms with van der Waals surface area (Å²) in [6.07, 6.45) is 4.29. The van der Waals surface area contributed by atoms with Crippen molar-refractivity contribution in [3.8, 4) is 0 Å². The van der Waals surface area contributed by atoms with E-state index in [0.29, 0.717) is 0 Å². The van der Waals surface area contributed by atoms with Gasteiger partial charge in [0.05, 0.1) is 6.04 Å². The van der Waals surface area contributed by atoms with E-state index in [2.05, 4.69) is 9.97 Å². The van der Waals surface area contributed by atoms with Crippen molar-refractivity contribution in [1.29, 1.82) is 0 Å². The molecule has 4 heteroatoms. The second-order valence-corrected chi connectivity index (χ2v) is 2.12. The molecular formula is C7H12ClN3. The van der Waals surface area contributed by atoms with Gasteiger partial charge in [-0.2, -0.15) is 0 Å². The van der Waals surface area contributed by atoms with Gasteiger partial charge in [-0.3, -0.25) is 0 Å². The first-order valence-corrected chi connectivity index (χ1v) is 3.37. The fourth-order valence-electron chi connectivity index (χ4n) is 0.685. The van der Waals surface area contributed by atoms with Crippen LogP contribution < -0.4 is 5.73 Å². The maximum atomic E-state index is 5.67. The largest absolute Gasteiger partial charge is 0.321 e. The molecule has 0 bridgehead atoms. The quantitative estimate of drug-likeness (QED) is 0.734. The van der Waals surface area contributed by atoms with E-state index >= 15 is 0 Å². The molecule has 0 fully saturated rings. The average Bonchev–Trinajstić information content (AvgIpc) is 2.05. The summed E-state index contributed by atoms with van der Waals surface area (Å²) in [4.78, 5) is 8.03. The minimum Gasteiger partial charge on any atom is -0.321 e. The van der Waals surface area contributed by atoms with E-state index in [4.69, 9.17) is 5.73 Å². The minimum atomic E-state index is -0.0128. The van der Waals surface area contributed by atoms with Gasteiger partial charge in [-0.25, -0.2) is 9.97 Å². The topological polar surface area (TPSA) is 51.8 Å². The molecule has 1 aromatic rings. The predicted octanol–water partition coefficient (Wildman–Crippen LogP) is 1.31. The van der Waals surface area contributed by atoms with Gasteiger partial charge in [0.1, 0.15) is 5.82 Å². The first kappa shape index (κ1) is 10.3. The van der Waals surface area contributed by atoms with E-state index in [1.807, 2.05) is 6.92 Å². The van der Waals surface area contributed by atoms with Crippen LogP contribution in [0.25, 0.3) is 0 Å². The summed E-state index contributed by atoms with van der Waals surface area (Å²) in [5, 5.41) is 0. The lowest BCUT2D eigenvalue weighted by atomic mass is 10.2. The lowest BCUT2D eigenvalue weighted by molar-refractivity contribution is 0.648.